The Hall–Kier alpha value is -0.120. The standard InChI is InChI=1S/C9H19NO2/c1-9(2)7-10(3)5-8(12-9)6-11-4/h8H,5-7H2,1-4H3. The minimum Gasteiger partial charge on any atom is -0.382 e. The number of nitrogens with zero attached hydrogens (tertiary/aromatic N) is 1. The lowest BCUT2D eigenvalue weighted by Crippen LogP contribution is -2.52. The van der Waals surface area contributed by atoms with Crippen molar-refractivity contribution in [3.05, 3.63) is 0 Å². The van der Waals surface area contributed by atoms with Gasteiger partial charge in [-0.05, 0) is 20.9 Å². The summed E-state index contributed by atoms with van der Waals surface area (Å²) in [6.45, 7) is 6.88. The molecule has 0 aliphatic carbocycles. The maximum atomic E-state index is 5.82. The van der Waals surface area contributed by atoms with E-state index in [-0.39, 0.29) is 11.7 Å². The molecule has 0 amide bonds. The smallest absolute Gasteiger partial charge is 0.0942 e. The van der Waals surface area contributed by atoms with E-state index in [0.29, 0.717) is 6.61 Å². The quantitative estimate of drug-likeness (QED) is 0.615. The van der Waals surface area contributed by atoms with Crippen molar-refractivity contribution in [3.8, 4) is 0 Å². The number of hydrogen-bond acceptors (Lipinski definition) is 3. The lowest BCUT2D eigenvalue weighted by atomic mass is 10.1. The van der Waals surface area contributed by atoms with Crippen LogP contribution < -0.4 is 0 Å². The molecule has 3 heteroatoms. The molecule has 0 bridgehead atoms. The van der Waals surface area contributed by atoms with Gasteiger partial charge in [0.2, 0.25) is 0 Å². The van der Waals surface area contributed by atoms with Gasteiger partial charge in [0.25, 0.3) is 0 Å². The Morgan fingerprint density at radius 2 is 2.25 bits per heavy atom. The van der Waals surface area contributed by atoms with Crippen LogP contribution in [-0.4, -0.2) is 50.5 Å². The zero-order chi connectivity index (χ0) is 9.19. The summed E-state index contributed by atoms with van der Waals surface area (Å²) in [7, 11) is 3.83. The Morgan fingerprint density at radius 3 is 2.75 bits per heavy atom. The summed E-state index contributed by atoms with van der Waals surface area (Å²) in [5, 5.41) is 0. The molecule has 3 nitrogen and oxygen atoms in total. The van der Waals surface area contributed by atoms with Crippen LogP contribution >= 0.6 is 0 Å². The molecule has 0 aromatic carbocycles. The maximum absolute atomic E-state index is 5.82. The van der Waals surface area contributed by atoms with Crippen LogP contribution in [0.1, 0.15) is 13.8 Å². The summed E-state index contributed by atoms with van der Waals surface area (Å²) in [6, 6.07) is 0. The zero-order valence-corrected chi connectivity index (χ0v) is 8.46. The molecule has 1 fully saturated rings. The van der Waals surface area contributed by atoms with Crippen molar-refractivity contribution in [2.45, 2.75) is 25.6 Å². The maximum Gasteiger partial charge on any atom is 0.0942 e. The third-order valence-electron chi connectivity index (χ3n) is 2.00. The molecule has 1 aliphatic rings. The van der Waals surface area contributed by atoms with Crippen molar-refractivity contribution in [2.75, 3.05) is 33.9 Å². The fourth-order valence-corrected chi connectivity index (χ4v) is 1.86. The van der Waals surface area contributed by atoms with Gasteiger partial charge in [-0.15, -0.1) is 0 Å². The van der Waals surface area contributed by atoms with Crippen LogP contribution in [0, 0.1) is 0 Å². The molecule has 1 unspecified atom stereocenters. The molecule has 72 valence electrons. The van der Waals surface area contributed by atoms with Crippen LogP contribution in [0.25, 0.3) is 0 Å². The van der Waals surface area contributed by atoms with E-state index in [1.54, 1.807) is 7.11 Å². The lowest BCUT2D eigenvalue weighted by molar-refractivity contribution is -0.147. The number of hydrogen-bond donors (Lipinski definition) is 0. The molecule has 0 radical (unpaired) electrons. The SMILES string of the molecule is COCC1CN(C)CC(C)(C)O1. The predicted octanol–water partition coefficient (Wildman–Crippen LogP) is 0.742. The Kier molecular flexibility index (Phi) is 3.09. The average Bonchev–Trinajstić information content (AvgIpc) is 1.82. The summed E-state index contributed by atoms with van der Waals surface area (Å²) in [6.07, 6.45) is 0.226. The van der Waals surface area contributed by atoms with Gasteiger partial charge in [0.05, 0.1) is 18.3 Å². The molecule has 1 saturated heterocycles. The monoisotopic (exact) mass is 173 g/mol. The van der Waals surface area contributed by atoms with Crippen molar-refractivity contribution < 1.29 is 9.47 Å². The van der Waals surface area contributed by atoms with Crippen LogP contribution in [-0.2, 0) is 9.47 Å². The number of morpholine rings is 1. The first-order chi connectivity index (χ1) is 5.53. The van der Waals surface area contributed by atoms with Crippen LogP contribution in [0.2, 0.25) is 0 Å². The molecule has 12 heavy (non-hydrogen) atoms. The normalized spacial score (nSPS) is 30.5. The van der Waals surface area contributed by atoms with Crippen molar-refractivity contribution >= 4 is 0 Å². The highest BCUT2D eigenvalue weighted by molar-refractivity contribution is 4.82. The highest BCUT2D eigenvalue weighted by Crippen LogP contribution is 2.19. The van der Waals surface area contributed by atoms with Gasteiger partial charge in [-0.2, -0.15) is 0 Å². The molecular formula is C9H19NO2. The lowest BCUT2D eigenvalue weighted by Gasteiger charge is -2.40. The van der Waals surface area contributed by atoms with Gasteiger partial charge in [-0.3, -0.25) is 0 Å². The molecule has 1 aliphatic heterocycles. The number of methoxy groups -OCH3 is 1. The van der Waals surface area contributed by atoms with Gasteiger partial charge in [0, 0.05) is 20.2 Å². The summed E-state index contributed by atoms with van der Waals surface area (Å²) in [5.41, 5.74) is -0.0316. The van der Waals surface area contributed by atoms with Gasteiger partial charge >= 0.3 is 0 Å². The van der Waals surface area contributed by atoms with E-state index in [0.717, 1.165) is 13.1 Å². The topological polar surface area (TPSA) is 21.7 Å². The van der Waals surface area contributed by atoms with Crippen molar-refractivity contribution in [3.63, 3.8) is 0 Å². The van der Waals surface area contributed by atoms with Gasteiger partial charge < -0.3 is 14.4 Å². The third-order valence-corrected chi connectivity index (χ3v) is 2.00. The first-order valence-corrected chi connectivity index (χ1v) is 4.39. The third kappa shape index (κ3) is 2.73. The minimum atomic E-state index is -0.0316. The second kappa shape index (κ2) is 3.73. The second-order valence-corrected chi connectivity index (χ2v) is 4.15. The summed E-state index contributed by atoms with van der Waals surface area (Å²) in [5.74, 6) is 0. The Bertz CT molecular complexity index is 147. The Labute approximate surface area is 74.6 Å². The molecule has 0 aromatic heterocycles. The van der Waals surface area contributed by atoms with Crippen molar-refractivity contribution in [2.24, 2.45) is 0 Å². The summed E-state index contributed by atoms with van der Waals surface area (Å²) < 4.78 is 10.9. The van der Waals surface area contributed by atoms with E-state index in [9.17, 15) is 0 Å². The van der Waals surface area contributed by atoms with Gasteiger partial charge in [0.1, 0.15) is 0 Å². The molecule has 0 aromatic rings. The van der Waals surface area contributed by atoms with Crippen LogP contribution in [0.4, 0.5) is 0 Å². The van der Waals surface area contributed by atoms with Crippen molar-refractivity contribution in [1.29, 1.82) is 0 Å². The number of likely N-dealkylation sites (N-methyl/N-ethyl adjacent to an activating group) is 1. The fraction of sp³-hybridized carbons (Fsp3) is 1.00. The number of ether oxygens (including phenoxy) is 2. The fourth-order valence-electron chi connectivity index (χ4n) is 1.86. The molecule has 0 spiro atoms. The molecule has 1 heterocycles. The first-order valence-electron chi connectivity index (χ1n) is 4.39. The van der Waals surface area contributed by atoms with E-state index in [1.807, 2.05) is 0 Å². The Morgan fingerprint density at radius 1 is 1.58 bits per heavy atom. The average molecular weight is 173 g/mol. The summed E-state index contributed by atoms with van der Waals surface area (Å²) in [4.78, 5) is 2.28. The van der Waals surface area contributed by atoms with Gasteiger partial charge in [-0.25, -0.2) is 0 Å². The molecule has 0 N–H and O–H groups in total. The second-order valence-electron chi connectivity index (χ2n) is 4.15. The molecule has 1 rings (SSSR count). The van der Waals surface area contributed by atoms with E-state index >= 15 is 0 Å². The van der Waals surface area contributed by atoms with E-state index in [2.05, 4.69) is 25.8 Å². The minimum absolute atomic E-state index is 0.0316. The highest BCUT2D eigenvalue weighted by Gasteiger charge is 2.31. The largest absolute Gasteiger partial charge is 0.382 e. The van der Waals surface area contributed by atoms with Crippen LogP contribution in [0.3, 0.4) is 0 Å². The molecule has 0 saturated carbocycles. The van der Waals surface area contributed by atoms with Crippen molar-refractivity contribution in [1.82, 2.24) is 4.90 Å². The van der Waals surface area contributed by atoms with Crippen LogP contribution in [0.15, 0.2) is 0 Å². The Balaban J connectivity index is 2.46. The summed E-state index contributed by atoms with van der Waals surface area (Å²) >= 11 is 0. The zero-order valence-electron chi connectivity index (χ0n) is 8.46. The van der Waals surface area contributed by atoms with Gasteiger partial charge in [-0.1, -0.05) is 0 Å². The highest BCUT2D eigenvalue weighted by atomic mass is 16.5. The predicted molar refractivity (Wildman–Crippen MR) is 48.3 cm³/mol. The molecular weight excluding hydrogens is 154 g/mol. The van der Waals surface area contributed by atoms with E-state index in [4.69, 9.17) is 9.47 Å². The first kappa shape index (κ1) is 9.96. The number of rotatable bonds is 2. The van der Waals surface area contributed by atoms with E-state index < -0.39 is 0 Å². The van der Waals surface area contributed by atoms with Crippen LogP contribution in [0.5, 0.6) is 0 Å². The van der Waals surface area contributed by atoms with Gasteiger partial charge in [0.15, 0.2) is 0 Å². The molecule has 1 atom stereocenters. The van der Waals surface area contributed by atoms with E-state index in [1.165, 1.54) is 0 Å².